The molecule has 0 atom stereocenters. The maximum absolute atomic E-state index is 5.74. The Labute approximate surface area is 109 Å². The number of aromatic nitrogens is 2. The molecule has 1 aromatic heterocycles. The van der Waals surface area contributed by atoms with Crippen molar-refractivity contribution in [3.63, 3.8) is 0 Å². The highest BCUT2D eigenvalue weighted by Gasteiger charge is 2.11. The first-order chi connectivity index (χ1) is 8.61. The molecule has 0 radical (unpaired) electrons. The SMILES string of the molecule is CCC1=CC=CCC(C)=C1Cn1nc(N)cc1C. The minimum atomic E-state index is 0.597. The molecule has 0 unspecified atom stereocenters. The van der Waals surface area contributed by atoms with Gasteiger partial charge in [-0.1, -0.05) is 30.7 Å². The summed E-state index contributed by atoms with van der Waals surface area (Å²) in [7, 11) is 0. The summed E-state index contributed by atoms with van der Waals surface area (Å²) >= 11 is 0. The molecule has 18 heavy (non-hydrogen) atoms. The predicted molar refractivity (Wildman–Crippen MR) is 76.2 cm³/mol. The molecule has 0 fully saturated rings. The lowest BCUT2D eigenvalue weighted by Gasteiger charge is -2.14. The molecule has 3 heteroatoms. The van der Waals surface area contributed by atoms with Crippen molar-refractivity contribution in [1.82, 2.24) is 9.78 Å². The zero-order valence-corrected chi connectivity index (χ0v) is 11.4. The van der Waals surface area contributed by atoms with E-state index in [0.29, 0.717) is 5.82 Å². The van der Waals surface area contributed by atoms with Crippen molar-refractivity contribution in [2.75, 3.05) is 5.73 Å². The highest BCUT2D eigenvalue weighted by Crippen LogP contribution is 2.25. The van der Waals surface area contributed by atoms with E-state index in [1.165, 1.54) is 16.7 Å². The lowest BCUT2D eigenvalue weighted by atomic mass is 9.98. The average Bonchev–Trinajstić information content (AvgIpc) is 2.54. The Kier molecular flexibility index (Phi) is 3.70. The van der Waals surface area contributed by atoms with Crippen molar-refractivity contribution in [2.24, 2.45) is 0 Å². The molecule has 0 aliphatic heterocycles. The first-order valence-corrected chi connectivity index (χ1v) is 6.46. The summed E-state index contributed by atoms with van der Waals surface area (Å²) in [5.41, 5.74) is 11.1. The van der Waals surface area contributed by atoms with E-state index >= 15 is 0 Å². The van der Waals surface area contributed by atoms with E-state index < -0.39 is 0 Å². The van der Waals surface area contributed by atoms with Gasteiger partial charge in [-0.3, -0.25) is 4.68 Å². The van der Waals surface area contributed by atoms with Gasteiger partial charge in [0, 0.05) is 11.8 Å². The highest BCUT2D eigenvalue weighted by atomic mass is 15.3. The van der Waals surface area contributed by atoms with Crippen LogP contribution in [0.3, 0.4) is 0 Å². The Morgan fingerprint density at radius 2 is 2.17 bits per heavy atom. The van der Waals surface area contributed by atoms with Crippen molar-refractivity contribution in [2.45, 2.75) is 40.2 Å². The number of nitrogens with zero attached hydrogens (tertiary/aromatic N) is 2. The van der Waals surface area contributed by atoms with Gasteiger partial charge in [0.2, 0.25) is 0 Å². The quantitative estimate of drug-likeness (QED) is 0.884. The number of nitrogens with two attached hydrogens (primary N) is 1. The van der Waals surface area contributed by atoms with Crippen LogP contribution in [0.25, 0.3) is 0 Å². The van der Waals surface area contributed by atoms with E-state index in [1.54, 1.807) is 0 Å². The van der Waals surface area contributed by atoms with Crippen LogP contribution in [-0.2, 0) is 6.54 Å². The van der Waals surface area contributed by atoms with E-state index in [2.05, 4.69) is 37.2 Å². The van der Waals surface area contributed by atoms with E-state index in [0.717, 1.165) is 25.1 Å². The number of hydrogen-bond donors (Lipinski definition) is 1. The fourth-order valence-corrected chi connectivity index (χ4v) is 2.34. The molecule has 2 rings (SSSR count). The molecular formula is C15H21N3. The van der Waals surface area contributed by atoms with E-state index in [9.17, 15) is 0 Å². The monoisotopic (exact) mass is 243 g/mol. The normalized spacial score (nSPS) is 15.8. The Morgan fingerprint density at radius 1 is 1.39 bits per heavy atom. The summed E-state index contributed by atoms with van der Waals surface area (Å²) in [5, 5.41) is 4.35. The van der Waals surface area contributed by atoms with Crippen molar-refractivity contribution in [3.8, 4) is 0 Å². The number of allylic oxidation sites excluding steroid dienone is 6. The molecule has 1 aromatic rings. The first kappa shape index (κ1) is 12.7. The van der Waals surface area contributed by atoms with Gasteiger partial charge >= 0.3 is 0 Å². The number of anilines is 1. The van der Waals surface area contributed by atoms with Crippen LogP contribution < -0.4 is 5.73 Å². The van der Waals surface area contributed by atoms with Crippen molar-refractivity contribution >= 4 is 5.82 Å². The number of aryl methyl sites for hydroxylation is 1. The van der Waals surface area contributed by atoms with Crippen LogP contribution >= 0.6 is 0 Å². The predicted octanol–water partition coefficient (Wildman–Crippen LogP) is 3.39. The van der Waals surface area contributed by atoms with Crippen molar-refractivity contribution in [1.29, 1.82) is 0 Å². The summed E-state index contributed by atoms with van der Waals surface area (Å²) in [6.45, 7) is 7.26. The van der Waals surface area contributed by atoms with Crippen LogP contribution in [0.15, 0.2) is 41.0 Å². The minimum Gasteiger partial charge on any atom is -0.382 e. The summed E-state index contributed by atoms with van der Waals surface area (Å²) in [6.07, 6.45) is 8.65. The van der Waals surface area contributed by atoms with E-state index in [4.69, 9.17) is 5.73 Å². The molecule has 96 valence electrons. The molecule has 1 aliphatic carbocycles. The van der Waals surface area contributed by atoms with Gasteiger partial charge in [0.25, 0.3) is 0 Å². The summed E-state index contributed by atoms with van der Waals surface area (Å²) < 4.78 is 1.99. The Morgan fingerprint density at radius 3 is 2.78 bits per heavy atom. The lowest BCUT2D eigenvalue weighted by Crippen LogP contribution is -2.08. The molecule has 0 saturated heterocycles. The van der Waals surface area contributed by atoms with Crippen LogP contribution in [0.2, 0.25) is 0 Å². The Bertz CT molecular complexity index is 530. The third-order valence-electron chi connectivity index (χ3n) is 3.45. The number of nitrogen functional groups attached to an aromatic ring is 1. The standard InChI is InChI=1S/C15H21N3/c1-4-13-8-6-5-7-11(2)14(13)10-18-12(3)9-15(16)17-18/h5-6,8-9H,4,7,10H2,1-3H3,(H2,16,17). The summed E-state index contributed by atoms with van der Waals surface area (Å²) in [5.74, 6) is 0.597. The van der Waals surface area contributed by atoms with Gasteiger partial charge in [-0.15, -0.1) is 0 Å². The average molecular weight is 243 g/mol. The Balaban J connectivity index is 2.33. The van der Waals surface area contributed by atoms with E-state index in [1.807, 2.05) is 17.7 Å². The second kappa shape index (κ2) is 5.25. The molecule has 1 heterocycles. The van der Waals surface area contributed by atoms with Crippen molar-refractivity contribution in [3.05, 3.63) is 46.7 Å². The van der Waals surface area contributed by atoms with Crippen LogP contribution in [0.1, 0.15) is 32.4 Å². The third kappa shape index (κ3) is 2.55. The maximum atomic E-state index is 5.74. The van der Waals surface area contributed by atoms with Crippen molar-refractivity contribution < 1.29 is 0 Å². The topological polar surface area (TPSA) is 43.8 Å². The fraction of sp³-hybridized carbons (Fsp3) is 0.400. The molecule has 0 spiro atoms. The Hall–Kier alpha value is -1.77. The number of rotatable bonds is 3. The van der Waals surface area contributed by atoms with Gasteiger partial charge in [-0.05, 0) is 37.8 Å². The van der Waals surface area contributed by atoms with E-state index in [-0.39, 0.29) is 0 Å². The van der Waals surface area contributed by atoms with Gasteiger partial charge in [0.15, 0.2) is 0 Å². The van der Waals surface area contributed by atoms with Gasteiger partial charge in [0.1, 0.15) is 5.82 Å². The number of hydrogen-bond acceptors (Lipinski definition) is 2. The zero-order valence-electron chi connectivity index (χ0n) is 11.4. The molecule has 3 nitrogen and oxygen atoms in total. The zero-order chi connectivity index (χ0) is 13.1. The summed E-state index contributed by atoms with van der Waals surface area (Å²) in [6, 6.07) is 1.92. The van der Waals surface area contributed by atoms with Crippen LogP contribution in [0.5, 0.6) is 0 Å². The second-order valence-electron chi connectivity index (χ2n) is 4.80. The van der Waals surface area contributed by atoms with Gasteiger partial charge in [-0.25, -0.2) is 0 Å². The van der Waals surface area contributed by atoms with Crippen LogP contribution in [0.4, 0.5) is 5.82 Å². The second-order valence-corrected chi connectivity index (χ2v) is 4.80. The molecule has 1 aliphatic rings. The largest absolute Gasteiger partial charge is 0.382 e. The van der Waals surface area contributed by atoms with Crippen LogP contribution in [-0.4, -0.2) is 9.78 Å². The molecule has 0 aromatic carbocycles. The minimum absolute atomic E-state index is 0.597. The summed E-state index contributed by atoms with van der Waals surface area (Å²) in [4.78, 5) is 0. The molecule has 2 N–H and O–H groups in total. The fourth-order valence-electron chi connectivity index (χ4n) is 2.34. The maximum Gasteiger partial charge on any atom is 0.145 e. The molecular weight excluding hydrogens is 222 g/mol. The smallest absolute Gasteiger partial charge is 0.145 e. The van der Waals surface area contributed by atoms with Gasteiger partial charge in [0.05, 0.1) is 6.54 Å². The van der Waals surface area contributed by atoms with Gasteiger partial charge in [-0.2, -0.15) is 5.10 Å². The molecule has 0 saturated carbocycles. The highest BCUT2D eigenvalue weighted by molar-refractivity contribution is 5.40. The van der Waals surface area contributed by atoms with Gasteiger partial charge < -0.3 is 5.73 Å². The first-order valence-electron chi connectivity index (χ1n) is 6.46. The lowest BCUT2D eigenvalue weighted by molar-refractivity contribution is 0.654. The third-order valence-corrected chi connectivity index (χ3v) is 3.45. The van der Waals surface area contributed by atoms with Crippen LogP contribution in [0, 0.1) is 6.92 Å². The molecule has 0 amide bonds. The molecule has 0 bridgehead atoms.